The van der Waals surface area contributed by atoms with Gasteiger partial charge in [-0.05, 0) is 43.5 Å². The summed E-state index contributed by atoms with van der Waals surface area (Å²) in [6, 6.07) is 7.92. The summed E-state index contributed by atoms with van der Waals surface area (Å²) in [4.78, 5) is 31.3. The third-order valence-electron chi connectivity index (χ3n) is 5.90. The van der Waals surface area contributed by atoms with Crippen LogP contribution in [0.4, 0.5) is 0 Å². The molecule has 0 atom stereocenters. The van der Waals surface area contributed by atoms with Crippen molar-refractivity contribution in [1.82, 2.24) is 14.7 Å². The fourth-order valence-electron chi connectivity index (χ4n) is 3.86. The van der Waals surface area contributed by atoms with Crippen molar-refractivity contribution in [3.63, 3.8) is 0 Å². The first-order chi connectivity index (χ1) is 13.4. The number of likely N-dealkylation sites (N-methyl/N-ethyl adjacent to an activating group) is 1. The van der Waals surface area contributed by atoms with Gasteiger partial charge in [0, 0.05) is 45.2 Å². The third-order valence-corrected chi connectivity index (χ3v) is 5.90. The minimum Gasteiger partial charge on any atom is -0.484 e. The highest BCUT2D eigenvalue weighted by molar-refractivity contribution is 5.80. The second-order valence-electron chi connectivity index (χ2n) is 8.30. The number of piperidine rings is 1. The maximum absolute atomic E-state index is 12.7. The Bertz CT molecular complexity index is 675. The highest BCUT2D eigenvalue weighted by Crippen LogP contribution is 2.22. The molecule has 0 spiro atoms. The zero-order valence-corrected chi connectivity index (χ0v) is 17.4. The molecule has 0 saturated carbocycles. The molecule has 2 aliphatic heterocycles. The Morgan fingerprint density at radius 2 is 1.71 bits per heavy atom. The molecule has 1 aromatic carbocycles. The van der Waals surface area contributed by atoms with Crippen LogP contribution in [0.1, 0.15) is 38.2 Å². The van der Waals surface area contributed by atoms with Crippen LogP contribution in [0, 0.1) is 5.92 Å². The Kier molecular flexibility index (Phi) is 6.94. The predicted octanol–water partition coefficient (Wildman–Crippen LogP) is 2.20. The van der Waals surface area contributed by atoms with Gasteiger partial charge in [-0.1, -0.05) is 26.0 Å². The molecule has 6 heteroatoms. The fraction of sp³-hybridized carbons (Fsp3) is 0.636. The first-order valence-electron chi connectivity index (χ1n) is 10.4. The van der Waals surface area contributed by atoms with Crippen molar-refractivity contribution >= 4 is 11.8 Å². The summed E-state index contributed by atoms with van der Waals surface area (Å²) in [5, 5.41) is 0. The van der Waals surface area contributed by atoms with E-state index in [2.05, 4.69) is 31.9 Å². The van der Waals surface area contributed by atoms with Crippen molar-refractivity contribution in [2.45, 2.75) is 32.6 Å². The molecule has 2 aliphatic rings. The van der Waals surface area contributed by atoms with Crippen LogP contribution >= 0.6 is 0 Å². The fourth-order valence-corrected chi connectivity index (χ4v) is 3.86. The number of hydrogen-bond acceptors (Lipinski definition) is 4. The van der Waals surface area contributed by atoms with Gasteiger partial charge in [0.15, 0.2) is 6.61 Å². The number of rotatable bonds is 5. The average Bonchev–Trinajstić information content (AvgIpc) is 2.72. The Hall–Kier alpha value is -2.08. The third kappa shape index (κ3) is 5.25. The lowest BCUT2D eigenvalue weighted by Gasteiger charge is -2.37. The highest BCUT2D eigenvalue weighted by atomic mass is 16.5. The van der Waals surface area contributed by atoms with Crippen LogP contribution in [0.15, 0.2) is 24.3 Å². The average molecular weight is 388 g/mol. The van der Waals surface area contributed by atoms with Gasteiger partial charge in [-0.15, -0.1) is 0 Å². The maximum atomic E-state index is 12.7. The minimum absolute atomic E-state index is 0.000413. The van der Waals surface area contributed by atoms with E-state index in [0.29, 0.717) is 19.0 Å². The summed E-state index contributed by atoms with van der Waals surface area (Å²) in [5.74, 6) is 1.48. The molecular weight excluding hydrogens is 354 g/mol. The number of carbonyl (C=O) groups is 2. The van der Waals surface area contributed by atoms with Crippen molar-refractivity contribution < 1.29 is 14.3 Å². The van der Waals surface area contributed by atoms with E-state index >= 15 is 0 Å². The number of nitrogens with zero attached hydrogens (tertiary/aromatic N) is 3. The molecule has 2 fully saturated rings. The highest BCUT2D eigenvalue weighted by Gasteiger charge is 2.31. The summed E-state index contributed by atoms with van der Waals surface area (Å²) < 4.78 is 5.72. The molecule has 2 heterocycles. The van der Waals surface area contributed by atoms with Gasteiger partial charge in [0.05, 0.1) is 0 Å². The zero-order valence-electron chi connectivity index (χ0n) is 17.4. The van der Waals surface area contributed by atoms with Gasteiger partial charge in [0.1, 0.15) is 5.75 Å². The van der Waals surface area contributed by atoms with Crippen LogP contribution in [0.3, 0.4) is 0 Å². The molecule has 0 aliphatic carbocycles. The number of carbonyl (C=O) groups excluding carboxylic acids is 2. The van der Waals surface area contributed by atoms with Gasteiger partial charge in [0.2, 0.25) is 5.91 Å². The molecule has 28 heavy (non-hydrogen) atoms. The van der Waals surface area contributed by atoms with E-state index in [4.69, 9.17) is 4.74 Å². The summed E-state index contributed by atoms with van der Waals surface area (Å²) in [6.45, 7) is 9.12. The summed E-state index contributed by atoms with van der Waals surface area (Å²) in [6.07, 6.45) is 1.50. The second kappa shape index (κ2) is 9.41. The van der Waals surface area contributed by atoms with Gasteiger partial charge in [-0.25, -0.2) is 0 Å². The maximum Gasteiger partial charge on any atom is 0.260 e. The second-order valence-corrected chi connectivity index (χ2v) is 8.30. The largest absolute Gasteiger partial charge is 0.484 e. The minimum atomic E-state index is 0.000413. The van der Waals surface area contributed by atoms with Crippen molar-refractivity contribution in [2.75, 3.05) is 52.9 Å². The molecule has 1 aromatic rings. The van der Waals surface area contributed by atoms with E-state index in [-0.39, 0.29) is 24.3 Å². The normalized spacial score (nSPS) is 19.1. The van der Waals surface area contributed by atoms with Crippen molar-refractivity contribution in [3.8, 4) is 5.75 Å². The van der Waals surface area contributed by atoms with Gasteiger partial charge in [-0.3, -0.25) is 9.59 Å². The van der Waals surface area contributed by atoms with Crippen molar-refractivity contribution in [1.29, 1.82) is 0 Å². The number of benzene rings is 1. The zero-order chi connectivity index (χ0) is 20.1. The molecule has 0 aromatic heterocycles. The predicted molar refractivity (Wildman–Crippen MR) is 109 cm³/mol. The summed E-state index contributed by atoms with van der Waals surface area (Å²) in [7, 11) is 2.09. The van der Waals surface area contributed by atoms with E-state index in [1.165, 1.54) is 5.56 Å². The van der Waals surface area contributed by atoms with Crippen LogP contribution in [0.25, 0.3) is 0 Å². The van der Waals surface area contributed by atoms with E-state index in [1.54, 1.807) is 0 Å². The van der Waals surface area contributed by atoms with Crippen LogP contribution in [0.2, 0.25) is 0 Å². The quantitative estimate of drug-likeness (QED) is 0.777. The number of likely N-dealkylation sites (tertiary alicyclic amines) is 1. The molecule has 2 saturated heterocycles. The lowest BCUT2D eigenvalue weighted by atomic mass is 9.95. The molecule has 154 valence electrons. The molecular formula is C22H33N3O3. The number of ether oxygens (including phenoxy) is 1. The Balaban J connectivity index is 1.43. The number of piperazine rings is 1. The van der Waals surface area contributed by atoms with Gasteiger partial charge >= 0.3 is 0 Å². The SMILES string of the molecule is CC(C)c1cccc(OCC(=O)N2CCC(C(=O)N3CCN(C)CC3)CC2)c1. The van der Waals surface area contributed by atoms with E-state index in [0.717, 1.165) is 44.8 Å². The molecule has 0 N–H and O–H groups in total. The molecule has 3 rings (SSSR count). The molecule has 0 bridgehead atoms. The van der Waals surface area contributed by atoms with Crippen LogP contribution in [0.5, 0.6) is 5.75 Å². The topological polar surface area (TPSA) is 53.1 Å². The van der Waals surface area contributed by atoms with Gasteiger partial charge < -0.3 is 19.4 Å². The van der Waals surface area contributed by atoms with E-state index < -0.39 is 0 Å². The number of hydrogen-bond donors (Lipinski definition) is 0. The molecule has 0 unspecified atom stereocenters. The lowest BCUT2D eigenvalue weighted by molar-refractivity contribution is -0.142. The van der Waals surface area contributed by atoms with Gasteiger partial charge in [-0.2, -0.15) is 0 Å². The lowest BCUT2D eigenvalue weighted by Crippen LogP contribution is -2.51. The Morgan fingerprint density at radius 1 is 1.04 bits per heavy atom. The molecule has 2 amide bonds. The standard InChI is InChI=1S/C22H33N3O3/c1-17(2)19-5-4-6-20(15-19)28-16-21(26)24-9-7-18(8-10-24)22(27)25-13-11-23(3)12-14-25/h4-6,15,17-18H,7-14,16H2,1-3H3. The molecule has 0 radical (unpaired) electrons. The first kappa shape index (κ1) is 20.6. The number of amides is 2. The van der Waals surface area contributed by atoms with Crippen molar-refractivity contribution in [2.24, 2.45) is 5.92 Å². The van der Waals surface area contributed by atoms with Gasteiger partial charge in [0.25, 0.3) is 5.91 Å². The summed E-state index contributed by atoms with van der Waals surface area (Å²) in [5.41, 5.74) is 1.20. The van der Waals surface area contributed by atoms with Crippen LogP contribution in [-0.2, 0) is 9.59 Å². The first-order valence-corrected chi connectivity index (χ1v) is 10.4. The van der Waals surface area contributed by atoms with Crippen LogP contribution < -0.4 is 4.74 Å². The van der Waals surface area contributed by atoms with Crippen LogP contribution in [-0.4, -0.2) is 79.4 Å². The Morgan fingerprint density at radius 3 is 2.36 bits per heavy atom. The smallest absolute Gasteiger partial charge is 0.260 e. The van der Waals surface area contributed by atoms with E-state index in [1.807, 2.05) is 28.0 Å². The monoisotopic (exact) mass is 387 g/mol. The van der Waals surface area contributed by atoms with Crippen molar-refractivity contribution in [3.05, 3.63) is 29.8 Å². The molecule has 6 nitrogen and oxygen atoms in total. The Labute approximate surface area is 168 Å². The summed E-state index contributed by atoms with van der Waals surface area (Å²) >= 11 is 0. The van der Waals surface area contributed by atoms with E-state index in [9.17, 15) is 9.59 Å².